The van der Waals surface area contributed by atoms with Crippen LogP contribution < -0.4 is 10.4 Å². The molecule has 0 fully saturated rings. The molecule has 5 N–H and O–H groups in total. The maximum absolute atomic E-state index is 10.9. The number of carboxylic acids is 1. The van der Waals surface area contributed by atoms with E-state index < -0.39 is 23.3 Å². The summed E-state index contributed by atoms with van der Waals surface area (Å²) in [6, 6.07) is 5.66. The van der Waals surface area contributed by atoms with E-state index in [9.17, 15) is 25.3 Å². The Morgan fingerprint density at radius 1 is 1.18 bits per heavy atom. The van der Waals surface area contributed by atoms with E-state index >= 15 is 0 Å². The van der Waals surface area contributed by atoms with Crippen LogP contribution in [-0.4, -0.2) is 42.4 Å². The van der Waals surface area contributed by atoms with Crippen LogP contribution >= 0.6 is 0 Å². The number of hydrogen-bond donors (Lipinski definition) is 5. The monoisotopic (exact) mass is 239 g/mol. The van der Waals surface area contributed by atoms with Gasteiger partial charge in [0.25, 0.3) is 0 Å². The van der Waals surface area contributed by atoms with Gasteiger partial charge in [-0.25, -0.2) is 4.79 Å². The minimum Gasteiger partial charge on any atom is -0.506 e. The summed E-state index contributed by atoms with van der Waals surface area (Å²) >= 11 is 0. The molecule has 1 aliphatic heterocycles. The molecule has 1 aromatic rings. The number of rotatable bonds is 1. The topological polar surface area (TPSA) is 121 Å². The third-order valence-electron chi connectivity index (χ3n) is 2.56. The van der Waals surface area contributed by atoms with Crippen molar-refractivity contribution in [1.82, 2.24) is 5.06 Å². The van der Waals surface area contributed by atoms with Crippen molar-refractivity contribution in [2.24, 2.45) is 0 Å². The Bertz CT molecular complexity index is 609. The van der Waals surface area contributed by atoms with Crippen LogP contribution in [0.15, 0.2) is 24.3 Å². The fourth-order valence-corrected chi connectivity index (χ4v) is 1.63. The molecule has 17 heavy (non-hydrogen) atoms. The highest BCUT2D eigenvalue weighted by atomic mass is 16.6. The Morgan fingerprint density at radius 2 is 1.71 bits per heavy atom. The van der Waals surface area contributed by atoms with E-state index in [0.29, 0.717) is 0 Å². The molecule has 0 aliphatic carbocycles. The summed E-state index contributed by atoms with van der Waals surface area (Å²) in [6.45, 7) is 0. The Labute approximate surface area is 94.4 Å². The second-order valence-corrected chi connectivity index (χ2v) is 3.51. The van der Waals surface area contributed by atoms with Gasteiger partial charge in [0.05, 0.1) is 0 Å². The Hall–Kier alpha value is -2.25. The number of aliphatic hydroxyl groups excluding tert-OH is 2. The lowest BCUT2D eigenvalue weighted by Gasteiger charge is -2.33. The molecule has 1 aliphatic rings. The molecule has 1 heterocycles. The zero-order valence-corrected chi connectivity index (χ0v) is 8.40. The lowest BCUT2D eigenvalue weighted by Crippen LogP contribution is -2.60. The van der Waals surface area contributed by atoms with Gasteiger partial charge in [0.2, 0.25) is 5.88 Å². The van der Waals surface area contributed by atoms with Gasteiger partial charge in [0.15, 0.2) is 5.76 Å². The Morgan fingerprint density at radius 3 is 2.24 bits per heavy atom. The van der Waals surface area contributed by atoms with Crippen LogP contribution in [0.3, 0.4) is 0 Å². The summed E-state index contributed by atoms with van der Waals surface area (Å²) in [7, 11) is 0. The molecule has 1 aromatic carbocycles. The minimum atomic E-state index is -3.10. The fraction of sp³-hybridized carbons (Fsp3) is 0.100. The van der Waals surface area contributed by atoms with Crippen LogP contribution in [0.4, 0.5) is 0 Å². The highest BCUT2D eigenvalue weighted by Crippen LogP contribution is 2.23. The van der Waals surface area contributed by atoms with Crippen LogP contribution in [-0.2, 0) is 4.79 Å². The molecule has 7 nitrogen and oxygen atoms in total. The zero-order valence-electron chi connectivity index (χ0n) is 8.40. The quantitative estimate of drug-likeness (QED) is 0.402. The number of fused-ring (bicyclic) bond motifs is 1. The van der Waals surface area contributed by atoms with Crippen molar-refractivity contribution in [3.05, 3.63) is 34.7 Å². The van der Waals surface area contributed by atoms with Crippen molar-refractivity contribution in [2.45, 2.75) is 5.72 Å². The van der Waals surface area contributed by atoms with Gasteiger partial charge in [-0.3, -0.25) is 5.21 Å². The number of carboxylic acid groups (broad SMARTS) is 1. The smallest absolute Gasteiger partial charge is 0.368 e. The Kier molecular flexibility index (Phi) is 2.23. The molecule has 7 heteroatoms. The van der Waals surface area contributed by atoms with E-state index in [1.165, 1.54) is 24.3 Å². The molecule has 0 radical (unpaired) electrons. The predicted molar refractivity (Wildman–Crippen MR) is 54.0 cm³/mol. The first-order valence-corrected chi connectivity index (χ1v) is 4.57. The zero-order chi connectivity index (χ0) is 12.8. The van der Waals surface area contributed by atoms with Gasteiger partial charge in [-0.15, -0.1) is 0 Å². The van der Waals surface area contributed by atoms with Crippen molar-refractivity contribution in [3.63, 3.8) is 0 Å². The maximum atomic E-state index is 10.9. The van der Waals surface area contributed by atoms with Crippen LogP contribution in [0.2, 0.25) is 0 Å². The van der Waals surface area contributed by atoms with Gasteiger partial charge in [-0.2, -0.15) is 5.06 Å². The maximum Gasteiger partial charge on any atom is 0.368 e. The van der Waals surface area contributed by atoms with Crippen LogP contribution in [0, 0.1) is 0 Å². The summed E-state index contributed by atoms with van der Waals surface area (Å²) in [6.07, 6.45) is 0. The number of hydrogen-bond acceptors (Lipinski definition) is 6. The van der Waals surface area contributed by atoms with Gasteiger partial charge < -0.3 is 20.4 Å². The number of aliphatic hydroxyl groups is 3. The number of nitrogens with zero attached hydrogens (tertiary/aromatic N) is 1. The number of carbonyl (C=O) groups is 1. The summed E-state index contributed by atoms with van der Waals surface area (Å²) in [5.74, 6) is -3.75. The first-order chi connectivity index (χ1) is 7.90. The fourth-order valence-electron chi connectivity index (χ4n) is 1.63. The van der Waals surface area contributed by atoms with E-state index in [1.807, 2.05) is 0 Å². The molecule has 0 saturated heterocycles. The second-order valence-electron chi connectivity index (χ2n) is 3.51. The average Bonchev–Trinajstić information content (AvgIpc) is 2.33. The molecular formula is C10H9NO6. The van der Waals surface area contributed by atoms with Crippen LogP contribution in [0.1, 0.15) is 0 Å². The summed E-state index contributed by atoms with van der Waals surface area (Å²) < 4.78 is 0. The van der Waals surface area contributed by atoms with Gasteiger partial charge in [-0.1, -0.05) is 18.2 Å². The molecule has 0 saturated carbocycles. The largest absolute Gasteiger partial charge is 0.506 e. The van der Waals surface area contributed by atoms with Gasteiger partial charge in [0, 0.05) is 10.4 Å². The highest BCUT2D eigenvalue weighted by Gasteiger charge is 2.51. The summed E-state index contributed by atoms with van der Waals surface area (Å²) in [5, 5.41) is 46.9. The first kappa shape index (κ1) is 11.2. The Balaban J connectivity index is 2.95. The lowest BCUT2D eigenvalue weighted by atomic mass is 10.0. The van der Waals surface area contributed by atoms with Gasteiger partial charge in [-0.05, 0) is 6.07 Å². The molecule has 0 spiro atoms. The number of benzene rings is 1. The SMILES string of the molecule is O=C(O)C1(O)C(O)=c2ccccc2=C(O)N1O. The number of hydroxylamine groups is 2. The molecular weight excluding hydrogens is 230 g/mol. The molecule has 1 atom stereocenters. The summed E-state index contributed by atoms with van der Waals surface area (Å²) in [5.41, 5.74) is -3.10. The summed E-state index contributed by atoms with van der Waals surface area (Å²) in [4.78, 5) is 10.9. The van der Waals surface area contributed by atoms with E-state index in [1.54, 1.807) is 0 Å². The third kappa shape index (κ3) is 1.26. The van der Waals surface area contributed by atoms with Crippen molar-refractivity contribution in [2.75, 3.05) is 0 Å². The lowest BCUT2D eigenvalue weighted by molar-refractivity contribution is -0.226. The van der Waals surface area contributed by atoms with Gasteiger partial charge >= 0.3 is 11.7 Å². The van der Waals surface area contributed by atoms with Gasteiger partial charge in [0.1, 0.15) is 0 Å². The molecule has 2 rings (SSSR count). The standard InChI is InChI=1S/C10H9NO6/c12-7-5-3-1-2-4-6(5)8(13)11(17)10(7,16)9(14)15/h1-4,12-13,16-17H,(H,14,15). The normalized spacial score (nSPS) is 23.5. The minimum absolute atomic E-state index is 0.0124. The molecule has 1 unspecified atom stereocenters. The van der Waals surface area contributed by atoms with E-state index in [-0.39, 0.29) is 15.5 Å². The molecule has 0 aromatic heterocycles. The van der Waals surface area contributed by atoms with Crippen molar-refractivity contribution in [3.8, 4) is 0 Å². The van der Waals surface area contributed by atoms with E-state index in [0.717, 1.165) is 0 Å². The third-order valence-corrected chi connectivity index (χ3v) is 2.56. The number of aliphatic carboxylic acids is 1. The molecule has 90 valence electrons. The first-order valence-electron chi connectivity index (χ1n) is 4.57. The van der Waals surface area contributed by atoms with Crippen LogP contribution in [0.25, 0.3) is 11.6 Å². The van der Waals surface area contributed by atoms with Crippen molar-refractivity contribution < 1.29 is 30.4 Å². The van der Waals surface area contributed by atoms with E-state index in [2.05, 4.69) is 0 Å². The molecule has 0 bridgehead atoms. The van der Waals surface area contributed by atoms with Crippen LogP contribution in [0.5, 0.6) is 0 Å². The second kappa shape index (κ2) is 3.37. The predicted octanol–water partition coefficient (Wildman–Crippen LogP) is -1.55. The van der Waals surface area contributed by atoms with Crippen molar-refractivity contribution >= 4 is 17.6 Å². The van der Waals surface area contributed by atoms with E-state index in [4.69, 9.17) is 5.11 Å². The molecule has 0 amide bonds. The highest BCUT2D eigenvalue weighted by molar-refractivity contribution is 5.88. The average molecular weight is 239 g/mol. The van der Waals surface area contributed by atoms with Crippen molar-refractivity contribution in [1.29, 1.82) is 0 Å².